The van der Waals surface area contributed by atoms with Crippen molar-refractivity contribution in [2.75, 3.05) is 13.1 Å². The van der Waals surface area contributed by atoms with Gasteiger partial charge in [0.05, 0.1) is 0 Å². The fraction of sp³-hybridized carbons (Fsp3) is 0.643. The number of carbonyl (C=O) groups is 1. The summed E-state index contributed by atoms with van der Waals surface area (Å²) < 4.78 is 1.08. The van der Waals surface area contributed by atoms with Crippen LogP contribution >= 0.6 is 27.3 Å². The maximum absolute atomic E-state index is 12.1. The zero-order valence-electron chi connectivity index (χ0n) is 10.7. The highest BCUT2D eigenvalue weighted by atomic mass is 79.9. The molecule has 100 valence electrons. The number of hydrogen-bond acceptors (Lipinski definition) is 3. The lowest BCUT2D eigenvalue weighted by atomic mass is 9.84. The topological polar surface area (TPSA) is 29.1 Å². The van der Waals surface area contributed by atoms with Gasteiger partial charge >= 0.3 is 0 Å². The fourth-order valence-electron chi connectivity index (χ4n) is 2.59. The smallest absolute Gasteiger partial charge is 0.138 e. The molecular formula is C14H20BrNOS. The van der Waals surface area contributed by atoms with Crippen molar-refractivity contribution in [2.45, 2.75) is 32.6 Å². The van der Waals surface area contributed by atoms with Gasteiger partial charge < -0.3 is 5.32 Å². The van der Waals surface area contributed by atoms with Crippen molar-refractivity contribution in [3.63, 3.8) is 0 Å². The van der Waals surface area contributed by atoms with Crippen molar-refractivity contribution in [1.82, 2.24) is 5.32 Å². The largest absolute Gasteiger partial charge is 0.316 e. The molecule has 0 aromatic carbocycles. The molecule has 2 heterocycles. The van der Waals surface area contributed by atoms with E-state index in [1.54, 1.807) is 11.3 Å². The van der Waals surface area contributed by atoms with Crippen LogP contribution < -0.4 is 5.32 Å². The van der Waals surface area contributed by atoms with Crippen LogP contribution in [-0.4, -0.2) is 18.9 Å². The molecule has 4 heteroatoms. The molecule has 1 aliphatic heterocycles. The van der Waals surface area contributed by atoms with Crippen LogP contribution in [0.15, 0.2) is 15.9 Å². The van der Waals surface area contributed by atoms with E-state index in [1.165, 1.54) is 12.8 Å². The highest BCUT2D eigenvalue weighted by Gasteiger charge is 2.22. The first-order chi connectivity index (χ1) is 8.66. The second-order valence-electron chi connectivity index (χ2n) is 5.20. The van der Waals surface area contributed by atoms with Gasteiger partial charge in [-0.2, -0.15) is 0 Å². The summed E-state index contributed by atoms with van der Waals surface area (Å²) in [6, 6.07) is 2.02. The summed E-state index contributed by atoms with van der Waals surface area (Å²) >= 11 is 5.15. The number of nitrogens with one attached hydrogen (secondary N) is 1. The normalized spacial score (nSPS) is 21.8. The molecule has 18 heavy (non-hydrogen) atoms. The monoisotopic (exact) mass is 329 g/mol. The Bertz CT molecular complexity index is 398. The predicted molar refractivity (Wildman–Crippen MR) is 80.1 cm³/mol. The summed E-state index contributed by atoms with van der Waals surface area (Å²) in [5, 5.41) is 5.46. The van der Waals surface area contributed by atoms with Crippen molar-refractivity contribution >= 4 is 33.0 Å². The van der Waals surface area contributed by atoms with Crippen LogP contribution in [-0.2, 0) is 11.2 Å². The van der Waals surface area contributed by atoms with Gasteiger partial charge in [-0.3, -0.25) is 4.79 Å². The van der Waals surface area contributed by atoms with Gasteiger partial charge in [-0.05, 0) is 65.1 Å². The summed E-state index contributed by atoms with van der Waals surface area (Å²) in [7, 11) is 0. The van der Waals surface area contributed by atoms with E-state index in [0.717, 1.165) is 28.9 Å². The molecule has 0 saturated carbocycles. The van der Waals surface area contributed by atoms with Crippen LogP contribution in [0.25, 0.3) is 0 Å². The zero-order chi connectivity index (χ0) is 13.0. The zero-order valence-corrected chi connectivity index (χ0v) is 13.1. The van der Waals surface area contributed by atoms with Crippen LogP contribution in [0.2, 0.25) is 0 Å². The van der Waals surface area contributed by atoms with E-state index in [1.807, 2.05) is 11.4 Å². The molecule has 0 amide bonds. The summed E-state index contributed by atoms with van der Waals surface area (Å²) in [5.74, 6) is 1.55. The third-order valence-corrected chi connectivity index (χ3v) is 5.66. The second kappa shape index (κ2) is 6.83. The Balaban J connectivity index is 1.81. The van der Waals surface area contributed by atoms with Crippen molar-refractivity contribution in [3.05, 3.63) is 20.8 Å². The van der Waals surface area contributed by atoms with Gasteiger partial charge in [0.2, 0.25) is 0 Å². The molecular weight excluding hydrogens is 310 g/mol. The van der Waals surface area contributed by atoms with Gasteiger partial charge in [0.25, 0.3) is 0 Å². The Labute approximate surface area is 121 Å². The van der Waals surface area contributed by atoms with E-state index >= 15 is 0 Å². The first-order valence-corrected chi connectivity index (χ1v) is 8.28. The molecule has 2 unspecified atom stereocenters. The average molecular weight is 330 g/mol. The number of rotatable bonds is 5. The highest BCUT2D eigenvalue weighted by molar-refractivity contribution is 9.10. The molecule has 1 saturated heterocycles. The van der Waals surface area contributed by atoms with Crippen molar-refractivity contribution < 1.29 is 4.79 Å². The number of halogens is 1. The highest BCUT2D eigenvalue weighted by Crippen LogP contribution is 2.26. The minimum atomic E-state index is 0.372. The Kier molecular flexibility index (Phi) is 5.39. The Morgan fingerprint density at radius 3 is 3.11 bits per heavy atom. The number of ketones is 1. The lowest BCUT2D eigenvalue weighted by molar-refractivity contribution is -0.119. The summed E-state index contributed by atoms with van der Waals surface area (Å²) in [4.78, 5) is 13.2. The molecule has 1 aliphatic rings. The third kappa shape index (κ3) is 3.90. The van der Waals surface area contributed by atoms with E-state index in [-0.39, 0.29) is 0 Å². The van der Waals surface area contributed by atoms with Gasteiger partial charge in [-0.1, -0.05) is 6.92 Å². The molecule has 0 bridgehead atoms. The maximum atomic E-state index is 12.1. The third-order valence-electron chi connectivity index (χ3n) is 3.74. The first-order valence-electron chi connectivity index (χ1n) is 6.61. The summed E-state index contributed by atoms with van der Waals surface area (Å²) in [6.07, 6.45) is 3.82. The molecule has 0 radical (unpaired) electrons. The molecule has 2 nitrogen and oxygen atoms in total. The van der Waals surface area contributed by atoms with E-state index < -0.39 is 0 Å². The Morgan fingerprint density at radius 2 is 2.50 bits per heavy atom. The molecule has 2 rings (SSSR count). The molecule has 2 atom stereocenters. The quantitative estimate of drug-likeness (QED) is 0.893. The lowest BCUT2D eigenvalue weighted by Gasteiger charge is -2.27. The maximum Gasteiger partial charge on any atom is 0.138 e. The van der Waals surface area contributed by atoms with Crippen LogP contribution in [0.1, 0.15) is 31.1 Å². The molecule has 1 aromatic rings. The van der Waals surface area contributed by atoms with Crippen LogP contribution in [0.4, 0.5) is 0 Å². The number of hydrogen-bond donors (Lipinski definition) is 1. The van der Waals surface area contributed by atoms with Crippen molar-refractivity contribution in [1.29, 1.82) is 0 Å². The standard InChI is InChI=1S/C14H20BrNOS/c1-10(11-3-2-5-16-9-11)7-12(17)8-14-13(15)4-6-18-14/h4,6,10-11,16H,2-3,5,7-9H2,1H3. The van der Waals surface area contributed by atoms with Crippen molar-refractivity contribution in [3.8, 4) is 0 Å². The predicted octanol–water partition coefficient (Wildman–Crippen LogP) is 3.65. The van der Waals surface area contributed by atoms with Crippen LogP contribution in [0.3, 0.4) is 0 Å². The number of carbonyl (C=O) groups excluding carboxylic acids is 1. The first kappa shape index (κ1) is 14.2. The van der Waals surface area contributed by atoms with Gasteiger partial charge in [0, 0.05) is 22.2 Å². The van der Waals surface area contributed by atoms with Gasteiger partial charge in [0.1, 0.15) is 5.78 Å². The van der Waals surface area contributed by atoms with Crippen LogP contribution in [0.5, 0.6) is 0 Å². The van der Waals surface area contributed by atoms with E-state index in [9.17, 15) is 4.79 Å². The minimum absolute atomic E-state index is 0.372. The molecule has 0 aliphatic carbocycles. The second-order valence-corrected chi connectivity index (χ2v) is 7.05. The SMILES string of the molecule is CC(CC(=O)Cc1sccc1Br)C1CCCNC1. The minimum Gasteiger partial charge on any atom is -0.316 e. The summed E-state index contributed by atoms with van der Waals surface area (Å²) in [6.45, 7) is 4.44. The number of piperidine rings is 1. The summed E-state index contributed by atoms with van der Waals surface area (Å²) in [5.41, 5.74) is 0. The Morgan fingerprint density at radius 1 is 1.67 bits per heavy atom. The molecule has 1 aromatic heterocycles. The van der Waals surface area contributed by atoms with E-state index in [4.69, 9.17) is 0 Å². The van der Waals surface area contributed by atoms with E-state index in [0.29, 0.717) is 24.0 Å². The molecule has 1 N–H and O–H groups in total. The van der Waals surface area contributed by atoms with Gasteiger partial charge in [0.15, 0.2) is 0 Å². The average Bonchev–Trinajstić information content (AvgIpc) is 2.76. The Hall–Kier alpha value is -0.190. The fourth-order valence-corrected chi connectivity index (χ4v) is 4.11. The molecule has 1 fully saturated rings. The van der Waals surface area contributed by atoms with Gasteiger partial charge in [-0.25, -0.2) is 0 Å². The lowest BCUT2D eigenvalue weighted by Crippen LogP contribution is -2.34. The van der Waals surface area contributed by atoms with Crippen molar-refractivity contribution in [2.24, 2.45) is 11.8 Å². The van der Waals surface area contributed by atoms with E-state index in [2.05, 4.69) is 28.2 Å². The molecule has 0 spiro atoms. The number of Topliss-reactive ketones (excluding diaryl/α,β-unsaturated/α-hetero) is 1. The van der Waals surface area contributed by atoms with Crippen LogP contribution in [0, 0.1) is 11.8 Å². The number of thiophene rings is 1. The van der Waals surface area contributed by atoms with Gasteiger partial charge in [-0.15, -0.1) is 11.3 Å².